The normalized spacial score (nSPS) is 18.1. The number of rotatable bonds is 5. The molecule has 35 heavy (non-hydrogen) atoms. The molecule has 1 aliphatic rings. The van der Waals surface area contributed by atoms with Gasteiger partial charge in [0.25, 0.3) is 0 Å². The van der Waals surface area contributed by atoms with Crippen molar-refractivity contribution in [2.75, 3.05) is 18.6 Å². The van der Waals surface area contributed by atoms with E-state index in [2.05, 4.69) is 10.3 Å². The highest BCUT2D eigenvalue weighted by molar-refractivity contribution is 5.76. The maximum absolute atomic E-state index is 13.3. The van der Waals surface area contributed by atoms with Crippen LogP contribution in [-0.4, -0.2) is 35.6 Å². The number of nitrogens with zero attached hydrogens (tertiary/aromatic N) is 3. The van der Waals surface area contributed by atoms with Crippen molar-refractivity contribution in [3.63, 3.8) is 0 Å². The van der Waals surface area contributed by atoms with E-state index in [1.165, 1.54) is 6.07 Å². The number of aromatic nitrogens is 1. The van der Waals surface area contributed by atoms with Gasteiger partial charge in [0.15, 0.2) is 0 Å². The number of carbonyl (C=O) groups is 1. The van der Waals surface area contributed by atoms with Crippen LogP contribution in [0, 0.1) is 0 Å². The summed E-state index contributed by atoms with van der Waals surface area (Å²) in [5.74, 6) is -0.113. The van der Waals surface area contributed by atoms with Gasteiger partial charge in [-0.3, -0.25) is 4.98 Å². The van der Waals surface area contributed by atoms with Crippen LogP contribution in [0.3, 0.4) is 0 Å². The Kier molecular flexibility index (Phi) is 6.90. The summed E-state index contributed by atoms with van der Waals surface area (Å²) >= 11 is 0. The molecule has 186 valence electrons. The second kappa shape index (κ2) is 9.89. The standard InChI is InChI=1S/C25H27F3N4O3/c1-16-14-31(15-20-8-9-23(35-20)25(26,27)28)22-13-29-11-10-21(22)17(2)32(16)24(33)30-12-18-4-6-19(34-3)7-5-18/h4-11,13,16-17H,12,14-15H2,1-3H3,(H,30,33)/t16-,17+/m1/s1. The number of pyridine rings is 1. The Bertz CT molecular complexity index is 1160. The number of fused-ring (bicyclic) bond motifs is 1. The lowest BCUT2D eigenvalue weighted by Gasteiger charge is -2.33. The Morgan fingerprint density at radius 1 is 1.17 bits per heavy atom. The summed E-state index contributed by atoms with van der Waals surface area (Å²) < 4.78 is 49.2. The smallest absolute Gasteiger partial charge is 0.449 e. The van der Waals surface area contributed by atoms with Gasteiger partial charge in [-0.25, -0.2) is 4.79 Å². The molecule has 2 aromatic heterocycles. The van der Waals surface area contributed by atoms with Gasteiger partial charge in [-0.05, 0) is 49.7 Å². The first-order valence-electron chi connectivity index (χ1n) is 11.2. The highest BCUT2D eigenvalue weighted by atomic mass is 19.4. The third-order valence-corrected chi connectivity index (χ3v) is 6.13. The number of amides is 2. The van der Waals surface area contributed by atoms with E-state index in [-0.39, 0.29) is 30.4 Å². The third kappa shape index (κ3) is 5.36. The Balaban J connectivity index is 1.53. The minimum absolute atomic E-state index is 0.118. The Hall–Kier alpha value is -3.69. The number of hydrogen-bond acceptors (Lipinski definition) is 5. The minimum Gasteiger partial charge on any atom is -0.497 e. The van der Waals surface area contributed by atoms with Gasteiger partial charge in [-0.15, -0.1) is 0 Å². The molecular weight excluding hydrogens is 461 g/mol. The lowest BCUT2D eigenvalue weighted by atomic mass is 10.1. The monoisotopic (exact) mass is 488 g/mol. The van der Waals surface area contributed by atoms with Crippen molar-refractivity contribution in [1.29, 1.82) is 0 Å². The van der Waals surface area contributed by atoms with Crippen LogP contribution < -0.4 is 15.0 Å². The molecule has 0 fully saturated rings. The van der Waals surface area contributed by atoms with E-state index in [1.807, 2.05) is 49.1 Å². The zero-order chi connectivity index (χ0) is 25.2. The van der Waals surface area contributed by atoms with Crippen LogP contribution in [0.5, 0.6) is 5.75 Å². The first-order valence-corrected chi connectivity index (χ1v) is 11.2. The molecule has 10 heteroatoms. The molecule has 0 bridgehead atoms. The third-order valence-electron chi connectivity index (χ3n) is 6.13. The molecule has 1 aliphatic heterocycles. The molecule has 0 radical (unpaired) electrons. The molecule has 0 spiro atoms. The van der Waals surface area contributed by atoms with Crippen molar-refractivity contribution in [3.8, 4) is 5.75 Å². The summed E-state index contributed by atoms with van der Waals surface area (Å²) in [5.41, 5.74) is 2.53. The van der Waals surface area contributed by atoms with Crippen LogP contribution in [-0.2, 0) is 19.3 Å². The van der Waals surface area contributed by atoms with E-state index < -0.39 is 11.9 Å². The van der Waals surface area contributed by atoms with Crippen LogP contribution in [0.1, 0.15) is 42.5 Å². The van der Waals surface area contributed by atoms with E-state index in [1.54, 1.807) is 24.4 Å². The van der Waals surface area contributed by atoms with Gasteiger partial charge in [0.1, 0.15) is 11.5 Å². The molecule has 3 heterocycles. The first-order chi connectivity index (χ1) is 16.7. The van der Waals surface area contributed by atoms with Gasteiger partial charge in [0, 0.05) is 30.9 Å². The minimum atomic E-state index is -4.54. The lowest BCUT2D eigenvalue weighted by Crippen LogP contribution is -2.48. The SMILES string of the molecule is COc1ccc(CNC(=O)N2[C@H](C)CN(Cc3ccc(C(F)(F)F)o3)c3cnccc3[C@@H]2C)cc1. The number of hydrogen-bond donors (Lipinski definition) is 1. The fourth-order valence-electron chi connectivity index (χ4n) is 4.39. The second-order valence-corrected chi connectivity index (χ2v) is 8.52. The van der Waals surface area contributed by atoms with E-state index in [0.29, 0.717) is 13.1 Å². The molecule has 0 saturated heterocycles. The molecule has 0 aliphatic carbocycles. The van der Waals surface area contributed by atoms with E-state index in [9.17, 15) is 18.0 Å². The zero-order valence-electron chi connectivity index (χ0n) is 19.7. The number of anilines is 1. The van der Waals surface area contributed by atoms with Crippen LogP contribution in [0.4, 0.5) is 23.7 Å². The number of benzene rings is 1. The number of urea groups is 1. The average Bonchev–Trinajstić information content (AvgIpc) is 3.28. The number of methoxy groups -OCH3 is 1. The fourth-order valence-corrected chi connectivity index (χ4v) is 4.39. The number of alkyl halides is 3. The van der Waals surface area contributed by atoms with Gasteiger partial charge >= 0.3 is 12.2 Å². The second-order valence-electron chi connectivity index (χ2n) is 8.52. The number of nitrogens with one attached hydrogen (secondary N) is 1. The Morgan fingerprint density at radius 2 is 1.91 bits per heavy atom. The molecule has 1 aromatic carbocycles. The van der Waals surface area contributed by atoms with Crippen LogP contribution in [0.25, 0.3) is 0 Å². The summed E-state index contributed by atoms with van der Waals surface area (Å²) in [4.78, 5) is 21.1. The lowest BCUT2D eigenvalue weighted by molar-refractivity contribution is -0.153. The van der Waals surface area contributed by atoms with Crippen LogP contribution in [0.15, 0.2) is 59.3 Å². The zero-order valence-corrected chi connectivity index (χ0v) is 19.7. The van der Waals surface area contributed by atoms with Crippen molar-refractivity contribution < 1.29 is 27.1 Å². The number of furan rings is 1. The van der Waals surface area contributed by atoms with Crippen molar-refractivity contribution in [1.82, 2.24) is 15.2 Å². The summed E-state index contributed by atoms with van der Waals surface area (Å²) in [6.07, 6.45) is -1.23. The van der Waals surface area contributed by atoms with Gasteiger partial charge in [0.05, 0.1) is 31.6 Å². The Labute approximate surface area is 201 Å². The van der Waals surface area contributed by atoms with Crippen molar-refractivity contribution in [2.45, 2.75) is 45.2 Å². The first kappa shape index (κ1) is 24.4. The predicted octanol–water partition coefficient (Wildman–Crippen LogP) is 5.38. The molecule has 1 N–H and O–H groups in total. The summed E-state index contributed by atoms with van der Waals surface area (Å²) in [6.45, 7) is 4.70. The average molecular weight is 489 g/mol. The van der Waals surface area contributed by atoms with E-state index >= 15 is 0 Å². The van der Waals surface area contributed by atoms with E-state index in [4.69, 9.17) is 9.15 Å². The van der Waals surface area contributed by atoms with Gasteiger partial charge < -0.3 is 24.3 Å². The quantitative estimate of drug-likeness (QED) is 0.522. The molecule has 4 rings (SSSR count). The molecule has 2 atom stereocenters. The summed E-state index contributed by atoms with van der Waals surface area (Å²) in [7, 11) is 1.59. The molecule has 7 nitrogen and oxygen atoms in total. The molecule has 0 saturated carbocycles. The van der Waals surface area contributed by atoms with Crippen LogP contribution in [0.2, 0.25) is 0 Å². The van der Waals surface area contributed by atoms with Crippen molar-refractivity contribution in [3.05, 3.63) is 77.5 Å². The Morgan fingerprint density at radius 3 is 2.57 bits per heavy atom. The highest BCUT2D eigenvalue weighted by Crippen LogP contribution is 2.36. The number of ether oxygens (including phenoxy) is 1. The fraction of sp³-hybridized carbons (Fsp3) is 0.360. The topological polar surface area (TPSA) is 70.8 Å². The van der Waals surface area contributed by atoms with Gasteiger partial charge in [-0.2, -0.15) is 13.2 Å². The molecule has 0 unspecified atom stereocenters. The summed E-state index contributed by atoms with van der Waals surface area (Å²) in [5, 5.41) is 2.98. The van der Waals surface area contributed by atoms with Gasteiger partial charge in [0.2, 0.25) is 5.76 Å². The molecule has 2 amide bonds. The maximum Gasteiger partial charge on any atom is 0.449 e. The highest BCUT2D eigenvalue weighted by Gasteiger charge is 2.36. The van der Waals surface area contributed by atoms with E-state index in [0.717, 1.165) is 28.6 Å². The van der Waals surface area contributed by atoms with Crippen LogP contribution >= 0.6 is 0 Å². The largest absolute Gasteiger partial charge is 0.497 e. The van der Waals surface area contributed by atoms with Gasteiger partial charge in [-0.1, -0.05) is 12.1 Å². The molecular formula is C25H27F3N4O3. The van der Waals surface area contributed by atoms with Crippen molar-refractivity contribution >= 4 is 11.7 Å². The predicted molar refractivity (Wildman–Crippen MR) is 124 cm³/mol. The van der Waals surface area contributed by atoms with Crippen molar-refractivity contribution in [2.24, 2.45) is 0 Å². The summed E-state index contributed by atoms with van der Waals surface area (Å²) in [6, 6.07) is 10.8. The maximum atomic E-state index is 13.3. The number of carbonyl (C=O) groups excluding carboxylic acids is 1. The number of halogens is 3. The molecule has 3 aromatic rings.